The molecule has 1 aromatic heterocycles. The number of aromatic nitrogens is 2. The van der Waals surface area contributed by atoms with Crippen LogP contribution in [-0.4, -0.2) is 15.4 Å². The average Bonchev–Trinajstić information content (AvgIpc) is 2.96. The van der Waals surface area contributed by atoms with Gasteiger partial charge in [-0.25, -0.2) is 4.98 Å². The first kappa shape index (κ1) is 16.8. The summed E-state index contributed by atoms with van der Waals surface area (Å²) in [6.07, 6.45) is 2.73. The summed E-state index contributed by atoms with van der Waals surface area (Å²) < 4.78 is 2.16. The topological polar surface area (TPSA) is 68.2 Å². The molecule has 122 valence electrons. The van der Waals surface area contributed by atoms with Crippen LogP contribution < -0.4 is 11.1 Å². The molecule has 0 aliphatic heterocycles. The molecular formula is C18H25N5. The van der Waals surface area contributed by atoms with Crippen LogP contribution in [0.1, 0.15) is 43.8 Å². The van der Waals surface area contributed by atoms with Gasteiger partial charge in [0.1, 0.15) is 5.69 Å². The van der Waals surface area contributed by atoms with Gasteiger partial charge < -0.3 is 15.6 Å². The van der Waals surface area contributed by atoms with Gasteiger partial charge in [0, 0.05) is 11.7 Å². The number of imidazole rings is 1. The highest BCUT2D eigenvalue weighted by atomic mass is 15.1. The molecule has 0 saturated heterocycles. The van der Waals surface area contributed by atoms with Crippen LogP contribution >= 0.6 is 0 Å². The van der Waals surface area contributed by atoms with Crippen LogP contribution in [0.15, 0.2) is 54.1 Å². The van der Waals surface area contributed by atoms with Gasteiger partial charge in [0.25, 0.3) is 0 Å². The zero-order valence-corrected chi connectivity index (χ0v) is 14.1. The van der Waals surface area contributed by atoms with Gasteiger partial charge in [0.05, 0.1) is 18.7 Å². The largest absolute Gasteiger partial charge is 0.386 e. The number of rotatable bonds is 6. The third-order valence-electron chi connectivity index (χ3n) is 3.55. The normalized spacial score (nSPS) is 11.7. The highest BCUT2D eigenvalue weighted by molar-refractivity contribution is 5.99. The van der Waals surface area contributed by atoms with Gasteiger partial charge in [-0.1, -0.05) is 43.8 Å². The number of benzene rings is 1. The summed E-state index contributed by atoms with van der Waals surface area (Å²) in [6.45, 7) is 10.7. The van der Waals surface area contributed by atoms with Crippen molar-refractivity contribution in [3.05, 3.63) is 66.0 Å². The van der Waals surface area contributed by atoms with Gasteiger partial charge in [0.2, 0.25) is 0 Å². The Morgan fingerprint density at radius 2 is 2.04 bits per heavy atom. The molecule has 3 N–H and O–H groups in total. The Labute approximate surface area is 138 Å². The van der Waals surface area contributed by atoms with Crippen molar-refractivity contribution in [2.45, 2.75) is 39.8 Å². The summed E-state index contributed by atoms with van der Waals surface area (Å²) in [6, 6.07) is 10.4. The lowest BCUT2D eigenvalue weighted by Gasteiger charge is -2.13. The standard InChI is InChI=1S/C18H25N5/c1-5-16-17(21-12-23(16)13(2)3)18(22-14(4)19)20-11-15-9-7-6-8-10-15/h6-10,12-13H,4-5,11,19H2,1-3H3,(H,20,22). The van der Waals surface area contributed by atoms with Crippen LogP contribution in [0.25, 0.3) is 0 Å². The van der Waals surface area contributed by atoms with Gasteiger partial charge in [-0.2, -0.15) is 0 Å². The molecule has 0 unspecified atom stereocenters. The Bertz CT molecular complexity index is 683. The molecule has 1 aromatic carbocycles. The van der Waals surface area contributed by atoms with Gasteiger partial charge in [-0.15, -0.1) is 0 Å². The van der Waals surface area contributed by atoms with Gasteiger partial charge >= 0.3 is 0 Å². The number of nitrogens with zero attached hydrogens (tertiary/aromatic N) is 3. The minimum Gasteiger partial charge on any atom is -0.386 e. The molecule has 0 spiro atoms. The Hall–Kier alpha value is -2.56. The van der Waals surface area contributed by atoms with Gasteiger partial charge in [-0.05, 0) is 25.8 Å². The fraction of sp³-hybridized carbons (Fsp3) is 0.333. The van der Waals surface area contributed by atoms with E-state index < -0.39 is 0 Å². The first-order valence-electron chi connectivity index (χ1n) is 7.88. The van der Waals surface area contributed by atoms with Crippen LogP contribution in [0.3, 0.4) is 0 Å². The molecule has 2 aromatic rings. The third-order valence-corrected chi connectivity index (χ3v) is 3.55. The second kappa shape index (κ2) is 7.63. The Balaban J connectivity index is 2.37. The maximum absolute atomic E-state index is 5.74. The first-order valence-corrected chi connectivity index (χ1v) is 7.88. The fourth-order valence-corrected chi connectivity index (χ4v) is 2.46. The molecule has 0 saturated carbocycles. The maximum atomic E-state index is 5.74. The quantitative estimate of drug-likeness (QED) is 0.636. The Morgan fingerprint density at radius 1 is 1.35 bits per heavy atom. The van der Waals surface area contributed by atoms with E-state index in [1.165, 1.54) is 0 Å². The molecule has 0 aliphatic rings. The van der Waals surface area contributed by atoms with Crippen molar-refractivity contribution in [1.29, 1.82) is 0 Å². The van der Waals surface area contributed by atoms with Crippen molar-refractivity contribution in [2.24, 2.45) is 10.7 Å². The van der Waals surface area contributed by atoms with Gasteiger partial charge in [0.15, 0.2) is 5.84 Å². The highest BCUT2D eigenvalue weighted by Gasteiger charge is 2.16. The van der Waals surface area contributed by atoms with Crippen molar-refractivity contribution < 1.29 is 0 Å². The van der Waals surface area contributed by atoms with Crippen LogP contribution in [0, 0.1) is 0 Å². The maximum Gasteiger partial charge on any atom is 0.155 e. The third kappa shape index (κ3) is 4.22. The van der Waals surface area contributed by atoms with Crippen molar-refractivity contribution in [3.63, 3.8) is 0 Å². The first-order chi connectivity index (χ1) is 11.0. The van der Waals surface area contributed by atoms with E-state index in [0.29, 0.717) is 24.2 Å². The minimum atomic E-state index is 0.350. The van der Waals surface area contributed by atoms with E-state index >= 15 is 0 Å². The van der Waals surface area contributed by atoms with E-state index in [0.717, 1.165) is 23.4 Å². The number of nitrogens with two attached hydrogens (primary N) is 1. The monoisotopic (exact) mass is 311 g/mol. The number of hydrogen-bond donors (Lipinski definition) is 2. The number of hydrogen-bond acceptors (Lipinski definition) is 3. The Morgan fingerprint density at radius 3 is 2.61 bits per heavy atom. The summed E-state index contributed by atoms with van der Waals surface area (Å²) >= 11 is 0. The van der Waals surface area contributed by atoms with Crippen molar-refractivity contribution in [3.8, 4) is 0 Å². The van der Waals surface area contributed by atoms with Crippen molar-refractivity contribution in [1.82, 2.24) is 14.9 Å². The van der Waals surface area contributed by atoms with Crippen molar-refractivity contribution >= 4 is 5.84 Å². The van der Waals surface area contributed by atoms with Crippen LogP contribution in [0.2, 0.25) is 0 Å². The van der Waals surface area contributed by atoms with E-state index in [4.69, 9.17) is 5.73 Å². The van der Waals surface area contributed by atoms with E-state index in [1.54, 1.807) is 0 Å². The highest BCUT2D eigenvalue weighted by Crippen LogP contribution is 2.15. The summed E-state index contributed by atoms with van der Waals surface area (Å²) in [7, 11) is 0. The molecule has 5 nitrogen and oxygen atoms in total. The Kier molecular flexibility index (Phi) is 5.57. The average molecular weight is 311 g/mol. The van der Waals surface area contributed by atoms with Gasteiger partial charge in [-0.3, -0.25) is 4.99 Å². The molecule has 2 rings (SSSR count). The van der Waals surface area contributed by atoms with Crippen LogP contribution in [0.5, 0.6) is 0 Å². The summed E-state index contributed by atoms with van der Waals surface area (Å²) in [5.41, 5.74) is 8.85. The molecule has 23 heavy (non-hydrogen) atoms. The number of aliphatic imine (C=N–C) groups is 1. The fourth-order valence-electron chi connectivity index (χ4n) is 2.46. The summed E-state index contributed by atoms with van der Waals surface area (Å²) in [5, 5.41) is 3.05. The molecule has 5 heteroatoms. The molecule has 0 fully saturated rings. The minimum absolute atomic E-state index is 0.350. The van der Waals surface area contributed by atoms with E-state index in [9.17, 15) is 0 Å². The summed E-state index contributed by atoms with van der Waals surface area (Å²) in [5.74, 6) is 1.02. The smallest absolute Gasteiger partial charge is 0.155 e. The lowest BCUT2D eigenvalue weighted by Crippen LogP contribution is -2.29. The van der Waals surface area contributed by atoms with E-state index in [-0.39, 0.29) is 0 Å². The molecule has 0 bridgehead atoms. The van der Waals surface area contributed by atoms with Crippen LogP contribution in [-0.2, 0) is 13.0 Å². The molecular weight excluding hydrogens is 286 g/mol. The van der Waals surface area contributed by atoms with Crippen LogP contribution in [0.4, 0.5) is 0 Å². The molecule has 0 aliphatic carbocycles. The molecule has 0 radical (unpaired) electrons. The zero-order valence-electron chi connectivity index (χ0n) is 14.1. The summed E-state index contributed by atoms with van der Waals surface area (Å²) in [4.78, 5) is 9.22. The lowest BCUT2D eigenvalue weighted by molar-refractivity contribution is 0.576. The molecule has 1 heterocycles. The number of amidine groups is 1. The second-order valence-corrected chi connectivity index (χ2v) is 5.70. The lowest BCUT2D eigenvalue weighted by atomic mass is 10.2. The second-order valence-electron chi connectivity index (χ2n) is 5.70. The van der Waals surface area contributed by atoms with E-state index in [2.05, 4.69) is 47.2 Å². The van der Waals surface area contributed by atoms with E-state index in [1.807, 2.05) is 36.7 Å². The predicted octanol–water partition coefficient (Wildman–Crippen LogP) is 2.99. The SMILES string of the molecule is C=C(N)NC(=NCc1ccccc1)c1ncn(C(C)C)c1CC. The zero-order chi connectivity index (χ0) is 16.8. The number of nitrogens with one attached hydrogen (secondary N) is 1. The molecule has 0 amide bonds. The molecule has 0 atom stereocenters. The van der Waals surface area contributed by atoms with Crippen molar-refractivity contribution in [2.75, 3.05) is 0 Å². The predicted molar refractivity (Wildman–Crippen MR) is 95.1 cm³/mol.